The Balaban J connectivity index is 0.000000331. The predicted molar refractivity (Wildman–Crippen MR) is 66.6 cm³/mol. The molecule has 18 heavy (non-hydrogen) atoms. The third-order valence-electron chi connectivity index (χ3n) is 1.31. The number of amides is 2. The van der Waals surface area contributed by atoms with E-state index in [4.69, 9.17) is 5.73 Å². The Labute approximate surface area is 104 Å². The van der Waals surface area contributed by atoms with E-state index >= 15 is 0 Å². The summed E-state index contributed by atoms with van der Waals surface area (Å²) in [6.45, 7) is 6.81. The van der Waals surface area contributed by atoms with E-state index < -0.39 is 12.0 Å². The molecular weight excluding hydrogens is 236 g/mol. The molecule has 0 aliphatic rings. The zero-order chi connectivity index (χ0) is 13.8. The average molecular weight is 250 g/mol. The molecule has 7 heteroatoms. The van der Waals surface area contributed by atoms with Crippen molar-refractivity contribution in [2.24, 2.45) is 5.73 Å². The van der Waals surface area contributed by atoms with E-state index in [1.165, 1.54) is 18.5 Å². The fourth-order valence-corrected chi connectivity index (χ4v) is 0.674. The molecule has 2 amide bonds. The maximum atomic E-state index is 10.2. The van der Waals surface area contributed by atoms with Crippen LogP contribution in [0.3, 0.4) is 0 Å². The number of nitrogens with zero attached hydrogens (tertiary/aromatic N) is 2. The normalized spacial score (nSPS) is 8.22. The average Bonchev–Trinajstić information content (AvgIpc) is 2.37. The Kier molecular flexibility index (Phi) is 8.09. The number of anilines is 1. The molecule has 3 N–H and O–H groups in total. The largest absolute Gasteiger partial charge is 0.458 e. The van der Waals surface area contributed by atoms with Crippen LogP contribution >= 0.6 is 0 Å². The SMILES string of the molecule is C=CCOC(=O)C=C.NC(=O)Nc1ncccn1. The summed E-state index contributed by atoms with van der Waals surface area (Å²) in [6.07, 6.45) is 5.64. The summed E-state index contributed by atoms with van der Waals surface area (Å²) >= 11 is 0. The van der Waals surface area contributed by atoms with Gasteiger partial charge in [-0.25, -0.2) is 19.6 Å². The van der Waals surface area contributed by atoms with Crippen LogP contribution < -0.4 is 11.1 Å². The van der Waals surface area contributed by atoms with Crippen LogP contribution in [-0.2, 0) is 9.53 Å². The van der Waals surface area contributed by atoms with E-state index in [-0.39, 0.29) is 12.6 Å². The highest BCUT2D eigenvalue weighted by molar-refractivity contribution is 5.85. The molecule has 1 heterocycles. The van der Waals surface area contributed by atoms with Gasteiger partial charge in [0.15, 0.2) is 0 Å². The first-order chi connectivity index (χ1) is 8.60. The minimum absolute atomic E-state index is 0.218. The summed E-state index contributed by atoms with van der Waals surface area (Å²) in [6, 6.07) is 0.984. The maximum Gasteiger partial charge on any atom is 0.330 e. The number of nitrogens with two attached hydrogens (primary N) is 1. The second-order valence-electron chi connectivity index (χ2n) is 2.68. The Morgan fingerprint density at radius 1 is 1.39 bits per heavy atom. The lowest BCUT2D eigenvalue weighted by atomic mass is 10.6. The van der Waals surface area contributed by atoms with Crippen LogP contribution in [-0.4, -0.2) is 28.6 Å². The van der Waals surface area contributed by atoms with Crippen LogP contribution in [0, 0.1) is 0 Å². The van der Waals surface area contributed by atoms with Crippen molar-refractivity contribution in [1.29, 1.82) is 0 Å². The quantitative estimate of drug-likeness (QED) is 0.468. The van der Waals surface area contributed by atoms with Gasteiger partial charge in [0, 0.05) is 18.5 Å². The van der Waals surface area contributed by atoms with Crippen molar-refractivity contribution < 1.29 is 14.3 Å². The highest BCUT2D eigenvalue weighted by Crippen LogP contribution is 1.91. The molecule has 0 spiro atoms. The third kappa shape index (κ3) is 8.60. The van der Waals surface area contributed by atoms with E-state index in [1.807, 2.05) is 0 Å². The van der Waals surface area contributed by atoms with Gasteiger partial charge in [0.2, 0.25) is 5.95 Å². The van der Waals surface area contributed by atoms with Crippen molar-refractivity contribution in [3.8, 4) is 0 Å². The molecule has 96 valence electrons. The molecule has 1 aromatic heterocycles. The molecule has 1 aromatic rings. The fraction of sp³-hybridized carbons (Fsp3) is 0.0909. The second kappa shape index (κ2) is 9.52. The lowest BCUT2D eigenvalue weighted by molar-refractivity contribution is -0.136. The molecule has 0 aromatic carbocycles. The first kappa shape index (κ1) is 15.3. The summed E-state index contributed by atoms with van der Waals surface area (Å²) < 4.78 is 4.47. The summed E-state index contributed by atoms with van der Waals surface area (Å²) in [5, 5.41) is 2.22. The molecule has 0 aliphatic carbocycles. The van der Waals surface area contributed by atoms with Crippen molar-refractivity contribution >= 4 is 17.9 Å². The number of aromatic nitrogens is 2. The van der Waals surface area contributed by atoms with E-state index in [9.17, 15) is 9.59 Å². The Morgan fingerprint density at radius 2 is 2.00 bits per heavy atom. The molecule has 0 bridgehead atoms. The van der Waals surface area contributed by atoms with Crippen molar-refractivity contribution in [2.45, 2.75) is 0 Å². The number of ether oxygens (including phenoxy) is 1. The number of nitrogens with one attached hydrogen (secondary N) is 1. The van der Waals surface area contributed by atoms with Crippen molar-refractivity contribution in [2.75, 3.05) is 11.9 Å². The second-order valence-corrected chi connectivity index (χ2v) is 2.68. The number of carbonyl (C=O) groups excluding carboxylic acids is 2. The van der Waals surface area contributed by atoms with Crippen LogP contribution in [0.15, 0.2) is 43.8 Å². The van der Waals surface area contributed by atoms with Crippen LogP contribution in [0.25, 0.3) is 0 Å². The standard InChI is InChI=1S/C6H8O2.C5H6N4O/c1-3-5-8-6(7)4-2;6-4(10)9-5-7-2-1-3-8-5/h3-4H,1-2,5H2;1-3H,(H3,6,7,8,9,10). The summed E-state index contributed by atoms with van der Waals surface area (Å²) in [5.74, 6) is -0.195. The van der Waals surface area contributed by atoms with Gasteiger partial charge in [-0.05, 0) is 6.07 Å². The predicted octanol–water partition coefficient (Wildman–Crippen LogP) is 0.869. The Hall–Kier alpha value is -2.70. The molecule has 0 fully saturated rings. The first-order valence-electron chi connectivity index (χ1n) is 4.83. The van der Waals surface area contributed by atoms with Gasteiger partial charge < -0.3 is 10.5 Å². The van der Waals surface area contributed by atoms with Crippen LogP contribution in [0.4, 0.5) is 10.7 Å². The molecular formula is C11H14N4O3. The van der Waals surface area contributed by atoms with Gasteiger partial charge >= 0.3 is 12.0 Å². The number of hydrogen-bond donors (Lipinski definition) is 2. The van der Waals surface area contributed by atoms with Gasteiger partial charge in [0.1, 0.15) is 6.61 Å². The van der Waals surface area contributed by atoms with Gasteiger partial charge in [-0.1, -0.05) is 19.2 Å². The van der Waals surface area contributed by atoms with Gasteiger partial charge in [0.05, 0.1) is 0 Å². The zero-order valence-corrected chi connectivity index (χ0v) is 9.70. The van der Waals surface area contributed by atoms with E-state index in [0.29, 0.717) is 0 Å². The number of carbonyl (C=O) groups is 2. The number of urea groups is 1. The third-order valence-corrected chi connectivity index (χ3v) is 1.31. The lowest BCUT2D eigenvalue weighted by Crippen LogP contribution is -2.20. The van der Waals surface area contributed by atoms with Crippen molar-refractivity contribution in [1.82, 2.24) is 9.97 Å². The molecule has 7 nitrogen and oxygen atoms in total. The summed E-state index contributed by atoms with van der Waals surface area (Å²) in [7, 11) is 0. The molecule has 0 saturated carbocycles. The van der Waals surface area contributed by atoms with E-state index in [0.717, 1.165) is 6.08 Å². The molecule has 0 unspecified atom stereocenters. The maximum absolute atomic E-state index is 10.2. The van der Waals surface area contributed by atoms with Gasteiger partial charge in [-0.15, -0.1) is 0 Å². The number of hydrogen-bond acceptors (Lipinski definition) is 5. The molecule has 0 aliphatic heterocycles. The topological polar surface area (TPSA) is 107 Å². The first-order valence-corrected chi connectivity index (χ1v) is 4.83. The molecule has 0 radical (unpaired) electrons. The van der Waals surface area contributed by atoms with E-state index in [2.05, 4.69) is 33.2 Å². The minimum atomic E-state index is -0.661. The van der Waals surface area contributed by atoms with Gasteiger partial charge in [-0.2, -0.15) is 0 Å². The monoisotopic (exact) mass is 250 g/mol. The fourth-order valence-electron chi connectivity index (χ4n) is 0.674. The minimum Gasteiger partial charge on any atom is -0.458 e. The number of rotatable bonds is 4. The number of esters is 1. The highest BCUT2D eigenvalue weighted by Gasteiger charge is 1.94. The van der Waals surface area contributed by atoms with Gasteiger partial charge in [-0.3, -0.25) is 5.32 Å². The van der Waals surface area contributed by atoms with Crippen LogP contribution in [0.5, 0.6) is 0 Å². The van der Waals surface area contributed by atoms with Crippen LogP contribution in [0.2, 0.25) is 0 Å². The van der Waals surface area contributed by atoms with Gasteiger partial charge in [0.25, 0.3) is 0 Å². The zero-order valence-electron chi connectivity index (χ0n) is 9.70. The molecule has 0 atom stereocenters. The van der Waals surface area contributed by atoms with Crippen molar-refractivity contribution in [3.63, 3.8) is 0 Å². The van der Waals surface area contributed by atoms with Crippen molar-refractivity contribution in [3.05, 3.63) is 43.8 Å². The Morgan fingerprint density at radius 3 is 2.44 bits per heavy atom. The smallest absolute Gasteiger partial charge is 0.330 e. The lowest BCUT2D eigenvalue weighted by Gasteiger charge is -1.95. The summed E-state index contributed by atoms with van der Waals surface area (Å²) in [5.41, 5.74) is 4.79. The molecule has 0 saturated heterocycles. The van der Waals surface area contributed by atoms with E-state index in [1.54, 1.807) is 6.07 Å². The van der Waals surface area contributed by atoms with Crippen LogP contribution in [0.1, 0.15) is 0 Å². The number of primary amides is 1. The summed E-state index contributed by atoms with van der Waals surface area (Å²) in [4.78, 5) is 27.8. The highest BCUT2D eigenvalue weighted by atomic mass is 16.5. The Bertz CT molecular complexity index is 406. The molecule has 1 rings (SSSR count).